The van der Waals surface area contributed by atoms with E-state index in [0.717, 1.165) is 38.5 Å². The van der Waals surface area contributed by atoms with E-state index in [4.69, 9.17) is 0 Å². The van der Waals surface area contributed by atoms with Crippen LogP contribution < -0.4 is 5.32 Å². The lowest BCUT2D eigenvalue weighted by atomic mass is 9.77. The average Bonchev–Trinajstić information content (AvgIpc) is 3.15. The molecule has 4 nitrogen and oxygen atoms in total. The molecule has 114 valence electrons. The van der Waals surface area contributed by atoms with Gasteiger partial charge in [0.25, 0.3) is 0 Å². The highest BCUT2D eigenvalue weighted by atomic mass is 16.4. The zero-order valence-electron chi connectivity index (χ0n) is 12.7. The van der Waals surface area contributed by atoms with E-state index in [9.17, 15) is 14.7 Å². The standard InChI is InChI=1S/C16H27NO3/c1-15(2,12-7-8-12)17-13(18)11-16(14(19)20)9-5-3-4-6-10-16/h12H,3-11H2,1-2H3,(H,17,18)(H,19,20). The van der Waals surface area contributed by atoms with Crippen molar-refractivity contribution in [2.75, 3.05) is 0 Å². The molecule has 0 atom stereocenters. The first kappa shape index (κ1) is 15.3. The SMILES string of the molecule is CC(C)(NC(=O)CC1(C(=O)O)CCCCCC1)C1CC1. The van der Waals surface area contributed by atoms with Crippen molar-refractivity contribution >= 4 is 11.9 Å². The number of rotatable bonds is 5. The van der Waals surface area contributed by atoms with Gasteiger partial charge in [-0.1, -0.05) is 25.7 Å². The molecule has 0 unspecified atom stereocenters. The third kappa shape index (κ3) is 3.53. The number of aliphatic carboxylic acids is 1. The quantitative estimate of drug-likeness (QED) is 0.761. The predicted molar refractivity (Wildman–Crippen MR) is 77.3 cm³/mol. The summed E-state index contributed by atoms with van der Waals surface area (Å²) in [6, 6.07) is 0. The molecule has 2 aliphatic carbocycles. The van der Waals surface area contributed by atoms with E-state index < -0.39 is 11.4 Å². The van der Waals surface area contributed by atoms with Gasteiger partial charge in [0.15, 0.2) is 0 Å². The number of carbonyl (C=O) groups is 2. The summed E-state index contributed by atoms with van der Waals surface area (Å²) in [4.78, 5) is 24.0. The fraction of sp³-hybridized carbons (Fsp3) is 0.875. The van der Waals surface area contributed by atoms with Crippen LogP contribution in [0.2, 0.25) is 0 Å². The molecule has 2 rings (SSSR count). The van der Waals surface area contributed by atoms with Gasteiger partial charge in [0.05, 0.1) is 5.41 Å². The number of amides is 1. The van der Waals surface area contributed by atoms with Crippen molar-refractivity contribution in [3.05, 3.63) is 0 Å². The summed E-state index contributed by atoms with van der Waals surface area (Å²) < 4.78 is 0. The van der Waals surface area contributed by atoms with Gasteiger partial charge in [0, 0.05) is 12.0 Å². The third-order valence-corrected chi connectivity index (χ3v) is 5.07. The molecule has 0 spiro atoms. The molecule has 20 heavy (non-hydrogen) atoms. The van der Waals surface area contributed by atoms with Gasteiger partial charge in [-0.25, -0.2) is 0 Å². The highest BCUT2D eigenvalue weighted by Crippen LogP contribution is 2.41. The number of hydrogen-bond donors (Lipinski definition) is 2. The largest absolute Gasteiger partial charge is 0.481 e. The van der Waals surface area contributed by atoms with Crippen LogP contribution in [0.3, 0.4) is 0 Å². The zero-order chi connectivity index (χ0) is 14.8. The van der Waals surface area contributed by atoms with Crippen molar-refractivity contribution in [3.63, 3.8) is 0 Å². The maximum absolute atomic E-state index is 12.3. The maximum Gasteiger partial charge on any atom is 0.310 e. The van der Waals surface area contributed by atoms with Crippen LogP contribution in [0.1, 0.15) is 71.6 Å². The van der Waals surface area contributed by atoms with Crippen molar-refractivity contribution in [3.8, 4) is 0 Å². The van der Waals surface area contributed by atoms with Crippen LogP contribution in [-0.2, 0) is 9.59 Å². The number of carbonyl (C=O) groups excluding carboxylic acids is 1. The van der Waals surface area contributed by atoms with Gasteiger partial charge in [-0.3, -0.25) is 9.59 Å². The molecule has 2 fully saturated rings. The summed E-state index contributed by atoms with van der Waals surface area (Å²) in [7, 11) is 0. The molecule has 2 aliphatic rings. The predicted octanol–water partition coefficient (Wildman–Crippen LogP) is 3.11. The Morgan fingerprint density at radius 3 is 2.15 bits per heavy atom. The molecule has 4 heteroatoms. The minimum Gasteiger partial charge on any atom is -0.481 e. The molecule has 0 radical (unpaired) electrons. The van der Waals surface area contributed by atoms with Crippen LogP contribution in [0.5, 0.6) is 0 Å². The Morgan fingerprint density at radius 1 is 1.15 bits per heavy atom. The highest BCUT2D eigenvalue weighted by molar-refractivity contribution is 5.85. The zero-order valence-corrected chi connectivity index (χ0v) is 12.7. The van der Waals surface area contributed by atoms with Gasteiger partial charge < -0.3 is 10.4 Å². The Bertz CT molecular complexity index is 377. The normalized spacial score (nSPS) is 22.9. The molecular weight excluding hydrogens is 254 g/mol. The summed E-state index contributed by atoms with van der Waals surface area (Å²) in [6.45, 7) is 4.09. The van der Waals surface area contributed by atoms with Crippen LogP contribution in [0.25, 0.3) is 0 Å². The molecular formula is C16H27NO3. The fourth-order valence-corrected chi connectivity index (χ4v) is 3.49. The van der Waals surface area contributed by atoms with Gasteiger partial charge in [0.2, 0.25) is 5.91 Å². The Labute approximate surface area is 121 Å². The van der Waals surface area contributed by atoms with E-state index in [1.807, 2.05) is 13.8 Å². The first-order valence-corrected chi connectivity index (χ1v) is 7.90. The Kier molecular flexibility index (Phi) is 4.40. The first-order chi connectivity index (χ1) is 9.36. The highest BCUT2D eigenvalue weighted by Gasteiger charge is 2.43. The lowest BCUT2D eigenvalue weighted by Crippen LogP contribution is -2.47. The van der Waals surface area contributed by atoms with Crippen LogP contribution in [0.15, 0.2) is 0 Å². The van der Waals surface area contributed by atoms with Gasteiger partial charge in [-0.05, 0) is 45.4 Å². The molecule has 0 heterocycles. The Morgan fingerprint density at radius 2 is 1.70 bits per heavy atom. The van der Waals surface area contributed by atoms with Gasteiger partial charge in [-0.15, -0.1) is 0 Å². The van der Waals surface area contributed by atoms with Crippen molar-refractivity contribution < 1.29 is 14.7 Å². The lowest BCUT2D eigenvalue weighted by molar-refractivity contribution is -0.153. The second kappa shape index (κ2) is 5.74. The van der Waals surface area contributed by atoms with E-state index in [2.05, 4.69) is 5.32 Å². The summed E-state index contributed by atoms with van der Waals surface area (Å²) in [6.07, 6.45) is 7.76. The van der Waals surface area contributed by atoms with Crippen LogP contribution in [0.4, 0.5) is 0 Å². The van der Waals surface area contributed by atoms with E-state index in [0.29, 0.717) is 18.8 Å². The summed E-state index contributed by atoms with van der Waals surface area (Å²) in [5.74, 6) is -0.327. The molecule has 1 amide bonds. The number of hydrogen-bond acceptors (Lipinski definition) is 2. The minimum absolute atomic E-state index is 0.0915. The first-order valence-electron chi connectivity index (χ1n) is 7.90. The maximum atomic E-state index is 12.3. The van der Waals surface area contributed by atoms with Crippen LogP contribution >= 0.6 is 0 Å². The molecule has 0 aromatic rings. The number of nitrogens with one attached hydrogen (secondary N) is 1. The Balaban J connectivity index is 2.00. The lowest BCUT2D eigenvalue weighted by Gasteiger charge is -2.31. The molecule has 0 aromatic heterocycles. The summed E-state index contributed by atoms with van der Waals surface area (Å²) in [5.41, 5.74) is -1.03. The molecule has 0 bridgehead atoms. The van der Waals surface area contributed by atoms with E-state index in [1.54, 1.807) is 0 Å². The summed E-state index contributed by atoms with van der Waals surface area (Å²) >= 11 is 0. The van der Waals surface area contributed by atoms with Crippen molar-refractivity contribution in [1.82, 2.24) is 5.32 Å². The second-order valence-electron chi connectivity index (χ2n) is 7.22. The third-order valence-electron chi connectivity index (χ3n) is 5.07. The number of carboxylic acids is 1. The van der Waals surface area contributed by atoms with Crippen LogP contribution in [0, 0.1) is 11.3 Å². The monoisotopic (exact) mass is 281 g/mol. The minimum atomic E-state index is -0.833. The Hall–Kier alpha value is -1.06. The van der Waals surface area contributed by atoms with Crippen LogP contribution in [-0.4, -0.2) is 22.5 Å². The smallest absolute Gasteiger partial charge is 0.310 e. The van der Waals surface area contributed by atoms with Crippen molar-refractivity contribution in [2.24, 2.45) is 11.3 Å². The molecule has 0 aromatic carbocycles. The molecule has 0 aliphatic heterocycles. The van der Waals surface area contributed by atoms with Gasteiger partial charge >= 0.3 is 5.97 Å². The van der Waals surface area contributed by atoms with Gasteiger partial charge in [-0.2, -0.15) is 0 Å². The van der Waals surface area contributed by atoms with Gasteiger partial charge in [0.1, 0.15) is 0 Å². The van der Waals surface area contributed by atoms with Crippen molar-refractivity contribution in [1.29, 1.82) is 0 Å². The summed E-state index contributed by atoms with van der Waals surface area (Å²) in [5, 5.41) is 12.7. The van der Waals surface area contributed by atoms with E-state index in [1.165, 1.54) is 0 Å². The fourth-order valence-electron chi connectivity index (χ4n) is 3.49. The number of carboxylic acid groups (broad SMARTS) is 1. The average molecular weight is 281 g/mol. The molecule has 2 N–H and O–H groups in total. The van der Waals surface area contributed by atoms with E-state index in [-0.39, 0.29) is 17.9 Å². The van der Waals surface area contributed by atoms with E-state index >= 15 is 0 Å². The second-order valence-corrected chi connectivity index (χ2v) is 7.22. The molecule has 0 saturated heterocycles. The molecule has 2 saturated carbocycles. The topological polar surface area (TPSA) is 66.4 Å². The van der Waals surface area contributed by atoms with Crippen molar-refractivity contribution in [2.45, 2.75) is 77.2 Å².